The Morgan fingerprint density at radius 2 is 1.09 bits per heavy atom. The Kier molecular flexibility index (Phi) is 14.0. The van der Waals surface area contributed by atoms with Gasteiger partial charge in [0.15, 0.2) is 0 Å². The maximum absolute atomic E-state index is 6.89. The van der Waals surface area contributed by atoms with Gasteiger partial charge in [0.2, 0.25) is 0 Å². The number of unbranched alkanes of at least 4 members (excludes halogenated alkanes) is 4. The van der Waals surface area contributed by atoms with Crippen molar-refractivity contribution in [2.75, 3.05) is 0 Å². The summed E-state index contributed by atoms with van der Waals surface area (Å²) >= 11 is -2.44. The van der Waals surface area contributed by atoms with Crippen molar-refractivity contribution < 1.29 is 3.07 Å². The molecule has 0 atom stereocenters. The minimum atomic E-state index is -2.44. The van der Waals surface area contributed by atoms with Crippen molar-refractivity contribution in [3.8, 4) is 0 Å². The summed E-state index contributed by atoms with van der Waals surface area (Å²) in [6, 6.07) is 0. The Bertz CT molecular complexity index is 274. The molecule has 2 heteroatoms. The standard InChI is InChI=1S/C8H16O.3C4H9.Sn/c1-4-5-6-7(2)8(3)9;3*1-3-4-2;/h9H,4-6H2,1-3H3;3*1,3-4H2,2H3;/q;;;;+1/p-1/b8-7+;;;;. The van der Waals surface area contributed by atoms with Gasteiger partial charge in [0, 0.05) is 0 Å². The van der Waals surface area contributed by atoms with Crippen molar-refractivity contribution in [1.82, 2.24) is 0 Å². The Balaban J connectivity index is 5.04. The van der Waals surface area contributed by atoms with Gasteiger partial charge < -0.3 is 0 Å². The van der Waals surface area contributed by atoms with Crippen LogP contribution >= 0.6 is 0 Å². The van der Waals surface area contributed by atoms with E-state index >= 15 is 0 Å². The van der Waals surface area contributed by atoms with Gasteiger partial charge in [0.05, 0.1) is 0 Å². The molecular formula is C20H42OSn. The maximum atomic E-state index is 6.89. The van der Waals surface area contributed by atoms with E-state index in [9.17, 15) is 0 Å². The summed E-state index contributed by atoms with van der Waals surface area (Å²) in [5, 5.41) is 0. The summed E-state index contributed by atoms with van der Waals surface area (Å²) in [6.45, 7) is 13.8. The SMILES string of the molecule is CCCC/C(C)=C(\C)[O][Sn]([CH2]CCC)([CH2]CCC)[CH2]CCC. The first-order valence-electron chi connectivity index (χ1n) is 9.90. The fourth-order valence-corrected chi connectivity index (χ4v) is 17.0. The molecule has 0 aliphatic carbocycles. The summed E-state index contributed by atoms with van der Waals surface area (Å²) in [4.78, 5) is 0. The van der Waals surface area contributed by atoms with Crippen LogP contribution in [-0.2, 0) is 3.07 Å². The molecule has 0 heterocycles. The van der Waals surface area contributed by atoms with Crippen LogP contribution in [0.15, 0.2) is 11.3 Å². The second kappa shape index (κ2) is 13.7. The van der Waals surface area contributed by atoms with Gasteiger partial charge >= 0.3 is 146 Å². The minimum absolute atomic E-state index is 1.22. The van der Waals surface area contributed by atoms with Gasteiger partial charge in [-0.05, 0) is 0 Å². The predicted octanol–water partition coefficient (Wildman–Crippen LogP) is 7.83. The second-order valence-electron chi connectivity index (χ2n) is 7.04. The van der Waals surface area contributed by atoms with E-state index in [0.29, 0.717) is 0 Å². The third-order valence-corrected chi connectivity index (χ3v) is 17.8. The van der Waals surface area contributed by atoms with Gasteiger partial charge in [-0.1, -0.05) is 0 Å². The van der Waals surface area contributed by atoms with Gasteiger partial charge in [-0.15, -0.1) is 0 Å². The molecule has 0 aromatic carbocycles. The van der Waals surface area contributed by atoms with E-state index in [0.717, 1.165) is 0 Å². The Morgan fingerprint density at radius 3 is 1.45 bits per heavy atom. The van der Waals surface area contributed by atoms with Gasteiger partial charge in [0.25, 0.3) is 0 Å². The van der Waals surface area contributed by atoms with E-state index < -0.39 is 18.8 Å². The molecule has 0 N–H and O–H groups in total. The van der Waals surface area contributed by atoms with Crippen molar-refractivity contribution in [3.05, 3.63) is 11.3 Å². The van der Waals surface area contributed by atoms with Crippen molar-refractivity contribution in [1.29, 1.82) is 0 Å². The van der Waals surface area contributed by atoms with Crippen molar-refractivity contribution >= 4 is 18.8 Å². The Hall–Kier alpha value is 0.339. The molecule has 0 saturated carbocycles. The van der Waals surface area contributed by atoms with Crippen LogP contribution in [0.3, 0.4) is 0 Å². The molecule has 0 spiro atoms. The van der Waals surface area contributed by atoms with Crippen LogP contribution in [0.25, 0.3) is 0 Å². The summed E-state index contributed by atoms with van der Waals surface area (Å²) in [5.41, 5.74) is 1.51. The van der Waals surface area contributed by atoms with Crippen LogP contribution < -0.4 is 0 Å². The quantitative estimate of drug-likeness (QED) is 0.207. The van der Waals surface area contributed by atoms with Gasteiger partial charge in [-0.25, -0.2) is 0 Å². The molecule has 132 valence electrons. The van der Waals surface area contributed by atoms with E-state index in [2.05, 4.69) is 41.5 Å². The first kappa shape index (κ1) is 22.3. The van der Waals surface area contributed by atoms with E-state index in [1.54, 1.807) is 0 Å². The Morgan fingerprint density at radius 1 is 0.682 bits per heavy atom. The number of rotatable bonds is 14. The molecule has 0 fully saturated rings. The van der Waals surface area contributed by atoms with Crippen LogP contribution in [0.1, 0.15) is 99.3 Å². The molecule has 0 radical (unpaired) electrons. The van der Waals surface area contributed by atoms with Crippen LogP contribution in [-0.4, -0.2) is 18.8 Å². The van der Waals surface area contributed by atoms with Crippen LogP contribution in [0.4, 0.5) is 0 Å². The van der Waals surface area contributed by atoms with E-state index in [4.69, 9.17) is 3.07 Å². The average Bonchev–Trinajstić information content (AvgIpc) is 2.53. The van der Waals surface area contributed by atoms with Crippen LogP contribution in [0.2, 0.25) is 13.3 Å². The zero-order valence-electron chi connectivity index (χ0n) is 16.4. The molecule has 0 aromatic heterocycles. The normalized spacial score (nSPS) is 13.2. The van der Waals surface area contributed by atoms with Crippen molar-refractivity contribution in [2.45, 2.75) is 113 Å². The fourth-order valence-electron chi connectivity index (χ4n) is 3.05. The summed E-state index contributed by atoms with van der Waals surface area (Å²) in [6.07, 6.45) is 11.9. The topological polar surface area (TPSA) is 9.23 Å². The number of hydrogen-bond acceptors (Lipinski definition) is 1. The molecule has 0 saturated heterocycles. The zero-order chi connectivity index (χ0) is 16.8. The first-order chi connectivity index (χ1) is 10.5. The molecule has 0 amide bonds. The predicted molar refractivity (Wildman–Crippen MR) is 104 cm³/mol. The van der Waals surface area contributed by atoms with Gasteiger partial charge in [-0.3, -0.25) is 0 Å². The van der Waals surface area contributed by atoms with E-state index in [1.807, 2.05) is 0 Å². The van der Waals surface area contributed by atoms with E-state index in [1.165, 1.54) is 82.4 Å². The van der Waals surface area contributed by atoms with Crippen molar-refractivity contribution in [3.63, 3.8) is 0 Å². The summed E-state index contributed by atoms with van der Waals surface area (Å²) < 4.78 is 11.2. The number of allylic oxidation sites excluding steroid dienone is 2. The first-order valence-corrected chi connectivity index (χ1v) is 17.1. The molecule has 0 aromatic rings. The fraction of sp³-hybridized carbons (Fsp3) is 0.900. The molecule has 0 aliphatic rings. The van der Waals surface area contributed by atoms with Crippen LogP contribution in [0.5, 0.6) is 0 Å². The number of hydrogen-bond donors (Lipinski definition) is 0. The van der Waals surface area contributed by atoms with Crippen molar-refractivity contribution in [2.24, 2.45) is 0 Å². The summed E-state index contributed by atoms with van der Waals surface area (Å²) in [7, 11) is 0. The molecule has 0 bridgehead atoms. The second-order valence-corrected chi connectivity index (χ2v) is 18.7. The molecular weight excluding hydrogens is 375 g/mol. The van der Waals surface area contributed by atoms with Crippen LogP contribution in [0, 0.1) is 0 Å². The molecule has 0 aliphatic heterocycles. The molecule has 0 rings (SSSR count). The average molecular weight is 417 g/mol. The van der Waals surface area contributed by atoms with Gasteiger partial charge in [0.1, 0.15) is 0 Å². The molecule has 0 unspecified atom stereocenters. The third kappa shape index (κ3) is 9.47. The monoisotopic (exact) mass is 418 g/mol. The van der Waals surface area contributed by atoms with Gasteiger partial charge in [-0.2, -0.15) is 0 Å². The third-order valence-electron chi connectivity index (χ3n) is 4.83. The summed E-state index contributed by atoms with van der Waals surface area (Å²) in [5.74, 6) is 1.30. The van der Waals surface area contributed by atoms with E-state index in [-0.39, 0.29) is 0 Å². The molecule has 22 heavy (non-hydrogen) atoms. The Labute approximate surface area is 145 Å². The molecule has 1 nitrogen and oxygen atoms in total. The zero-order valence-corrected chi connectivity index (χ0v) is 19.2.